The molecule has 0 bridgehead atoms. The number of carbonyl (C=O) groups is 3. The van der Waals surface area contributed by atoms with Crippen molar-refractivity contribution >= 4 is 17.9 Å². The van der Waals surface area contributed by atoms with E-state index in [-0.39, 0.29) is 24.7 Å². The zero-order valence-corrected chi connectivity index (χ0v) is 10.5. The lowest BCUT2D eigenvalue weighted by atomic mass is 10.2. The minimum absolute atomic E-state index is 0. The van der Waals surface area contributed by atoms with Gasteiger partial charge < -0.3 is 32.3 Å². The maximum atomic E-state index is 10.0. The van der Waals surface area contributed by atoms with Crippen molar-refractivity contribution in [1.29, 1.82) is 0 Å². The molecule has 0 aliphatic heterocycles. The average molecular weight is 282 g/mol. The summed E-state index contributed by atoms with van der Waals surface area (Å²) >= 11 is 0. The first-order chi connectivity index (χ1) is 8.31. The van der Waals surface area contributed by atoms with Crippen LogP contribution in [0.1, 0.15) is 32.1 Å². The van der Waals surface area contributed by atoms with E-state index < -0.39 is 23.9 Å². The monoisotopic (exact) mass is 282 g/mol. The van der Waals surface area contributed by atoms with Crippen LogP contribution in [0.15, 0.2) is 0 Å². The van der Waals surface area contributed by atoms with Crippen molar-refractivity contribution in [2.75, 3.05) is 6.54 Å². The van der Waals surface area contributed by atoms with E-state index in [0.29, 0.717) is 19.4 Å². The van der Waals surface area contributed by atoms with Gasteiger partial charge in [0, 0.05) is 12.8 Å². The van der Waals surface area contributed by atoms with E-state index in [9.17, 15) is 14.4 Å². The topological polar surface area (TPSA) is 195 Å². The number of hydrogen-bond acceptors (Lipinski definition) is 5. The van der Waals surface area contributed by atoms with Gasteiger partial charge in [-0.25, -0.2) is 0 Å². The summed E-state index contributed by atoms with van der Waals surface area (Å²) in [4.78, 5) is 29.6. The van der Waals surface area contributed by atoms with Crippen LogP contribution in [0, 0.1) is 0 Å². The Kier molecular flexibility index (Phi) is 17.0. The third-order valence-corrected chi connectivity index (χ3v) is 1.82. The fourth-order valence-corrected chi connectivity index (χ4v) is 0.852. The minimum Gasteiger partial charge on any atom is -0.481 e. The normalized spacial score (nSPS) is 10.4. The van der Waals surface area contributed by atoms with Crippen LogP contribution in [0.25, 0.3) is 0 Å². The van der Waals surface area contributed by atoms with Crippen molar-refractivity contribution in [1.82, 2.24) is 0 Å². The highest BCUT2D eigenvalue weighted by Gasteiger charge is 2.08. The summed E-state index contributed by atoms with van der Waals surface area (Å²) < 4.78 is 0. The molecule has 0 aromatic rings. The third-order valence-electron chi connectivity index (χ3n) is 1.82. The summed E-state index contributed by atoms with van der Waals surface area (Å²) in [5, 5.41) is 24.3. The Morgan fingerprint density at radius 1 is 0.947 bits per heavy atom. The van der Waals surface area contributed by atoms with Crippen molar-refractivity contribution in [3.63, 3.8) is 0 Å². The molecule has 0 saturated carbocycles. The maximum absolute atomic E-state index is 10.0. The molecule has 0 spiro atoms. The van der Waals surface area contributed by atoms with E-state index in [1.807, 2.05) is 0 Å². The Morgan fingerprint density at radius 3 is 1.63 bits per heavy atom. The number of aliphatic carboxylic acids is 3. The van der Waals surface area contributed by atoms with Gasteiger partial charge in [-0.1, -0.05) is 0 Å². The Hall–Kier alpha value is -1.71. The Morgan fingerprint density at radius 2 is 1.37 bits per heavy atom. The predicted octanol–water partition coefficient (Wildman–Crippen LogP) is -1.36. The Bertz CT molecular complexity index is 257. The van der Waals surface area contributed by atoms with Crippen LogP contribution in [-0.4, -0.2) is 51.3 Å². The van der Waals surface area contributed by atoms with Gasteiger partial charge in [-0.05, 0) is 25.8 Å². The lowest BCUT2D eigenvalue weighted by Crippen LogP contribution is -2.30. The Balaban J connectivity index is -0.000000256. The van der Waals surface area contributed by atoms with Crippen molar-refractivity contribution in [3.8, 4) is 0 Å². The average Bonchev–Trinajstić information content (AvgIpc) is 2.25. The van der Waals surface area contributed by atoms with Gasteiger partial charge in [0.1, 0.15) is 6.04 Å². The lowest BCUT2D eigenvalue weighted by Gasteiger charge is -2.02. The van der Waals surface area contributed by atoms with Gasteiger partial charge in [-0.2, -0.15) is 0 Å². The molecule has 1 unspecified atom stereocenters. The Labute approximate surface area is 110 Å². The molecule has 9 N–H and O–H groups in total. The number of rotatable bonds is 8. The second-order valence-electron chi connectivity index (χ2n) is 3.52. The number of nitrogens with two attached hydrogens (primary N) is 2. The molecule has 0 heterocycles. The van der Waals surface area contributed by atoms with E-state index in [1.54, 1.807) is 0 Å². The van der Waals surface area contributed by atoms with Gasteiger partial charge in [0.15, 0.2) is 0 Å². The van der Waals surface area contributed by atoms with E-state index in [2.05, 4.69) is 0 Å². The van der Waals surface area contributed by atoms with Gasteiger partial charge in [-0.3, -0.25) is 14.4 Å². The van der Waals surface area contributed by atoms with Crippen LogP contribution in [0.5, 0.6) is 0 Å². The molecule has 9 nitrogen and oxygen atoms in total. The number of carboxylic acid groups (broad SMARTS) is 3. The summed E-state index contributed by atoms with van der Waals surface area (Å²) in [6.07, 6.45) is 1.22. The summed E-state index contributed by atoms with van der Waals surface area (Å²) in [5.74, 6) is -2.85. The van der Waals surface area contributed by atoms with Crippen molar-refractivity contribution in [2.24, 2.45) is 11.5 Å². The summed E-state index contributed by atoms with van der Waals surface area (Å²) in [7, 11) is 0. The molecule has 9 heteroatoms. The summed E-state index contributed by atoms with van der Waals surface area (Å²) in [6, 6.07) is -0.742. The van der Waals surface area contributed by atoms with Crippen LogP contribution in [-0.2, 0) is 14.4 Å². The van der Waals surface area contributed by atoms with Crippen LogP contribution < -0.4 is 11.5 Å². The number of carboxylic acids is 3. The fraction of sp³-hybridized carbons (Fsp3) is 0.700. The van der Waals surface area contributed by atoms with Gasteiger partial charge in [0.05, 0.1) is 0 Å². The first kappa shape index (κ1) is 22.5. The first-order valence-electron chi connectivity index (χ1n) is 5.43. The highest BCUT2D eigenvalue weighted by molar-refractivity contribution is 5.72. The standard InChI is InChI=1S/C5H12N2O2.C5H8O4.H2O/c6-3-1-2-4(7)5(8)9;6-4(7)2-1-3-5(8)9;/h4H,1-3,6-7H2,(H,8,9);1-3H2,(H,6,7)(H,8,9);1H2. The molecule has 0 saturated heterocycles. The largest absolute Gasteiger partial charge is 0.481 e. The third kappa shape index (κ3) is 22.0. The maximum Gasteiger partial charge on any atom is 0.320 e. The molecule has 0 aromatic heterocycles. The van der Waals surface area contributed by atoms with Crippen LogP contribution in [0.2, 0.25) is 0 Å². The van der Waals surface area contributed by atoms with E-state index in [0.717, 1.165) is 0 Å². The number of hydrogen-bond donors (Lipinski definition) is 5. The van der Waals surface area contributed by atoms with Gasteiger partial charge in [0.25, 0.3) is 0 Å². The molecule has 0 fully saturated rings. The molecular weight excluding hydrogens is 260 g/mol. The molecule has 0 radical (unpaired) electrons. The smallest absolute Gasteiger partial charge is 0.320 e. The van der Waals surface area contributed by atoms with Gasteiger partial charge >= 0.3 is 17.9 Å². The molecule has 0 aliphatic carbocycles. The zero-order chi connectivity index (χ0) is 14.6. The molecular formula is C10H22N2O7. The molecule has 0 amide bonds. The molecule has 19 heavy (non-hydrogen) atoms. The highest BCUT2D eigenvalue weighted by atomic mass is 16.4. The SMILES string of the molecule is NCCCC(N)C(=O)O.O.O=C(O)CCCC(=O)O. The van der Waals surface area contributed by atoms with Crippen LogP contribution in [0.4, 0.5) is 0 Å². The molecule has 1 atom stereocenters. The zero-order valence-electron chi connectivity index (χ0n) is 10.5. The van der Waals surface area contributed by atoms with E-state index in [4.69, 9.17) is 26.8 Å². The van der Waals surface area contributed by atoms with Gasteiger partial charge in [0.2, 0.25) is 0 Å². The molecule has 0 aromatic carbocycles. The summed E-state index contributed by atoms with van der Waals surface area (Å²) in [6.45, 7) is 0.501. The quantitative estimate of drug-likeness (QED) is 0.359. The van der Waals surface area contributed by atoms with E-state index >= 15 is 0 Å². The molecule has 0 rings (SSSR count). The van der Waals surface area contributed by atoms with Crippen LogP contribution in [0.3, 0.4) is 0 Å². The molecule has 114 valence electrons. The fourth-order valence-electron chi connectivity index (χ4n) is 0.852. The highest BCUT2D eigenvalue weighted by Crippen LogP contribution is 1.93. The van der Waals surface area contributed by atoms with Crippen LogP contribution >= 0.6 is 0 Å². The van der Waals surface area contributed by atoms with Crippen molar-refractivity contribution in [3.05, 3.63) is 0 Å². The van der Waals surface area contributed by atoms with Gasteiger partial charge in [-0.15, -0.1) is 0 Å². The first-order valence-corrected chi connectivity index (χ1v) is 5.43. The van der Waals surface area contributed by atoms with Crippen molar-refractivity contribution in [2.45, 2.75) is 38.1 Å². The second-order valence-corrected chi connectivity index (χ2v) is 3.52. The summed E-state index contributed by atoms with van der Waals surface area (Å²) in [5.41, 5.74) is 10.3. The van der Waals surface area contributed by atoms with Crippen molar-refractivity contribution < 1.29 is 35.2 Å². The lowest BCUT2D eigenvalue weighted by molar-refractivity contribution is -0.140. The second kappa shape index (κ2) is 14.4. The molecule has 0 aliphatic rings. The minimum atomic E-state index is -0.955. The van der Waals surface area contributed by atoms with E-state index in [1.165, 1.54) is 0 Å². The predicted molar refractivity (Wildman–Crippen MR) is 66.6 cm³/mol.